The van der Waals surface area contributed by atoms with Crippen molar-refractivity contribution in [3.05, 3.63) is 77.9 Å². The van der Waals surface area contributed by atoms with Crippen LogP contribution in [0.3, 0.4) is 0 Å². The van der Waals surface area contributed by atoms with Crippen LogP contribution in [0, 0.1) is 5.82 Å². The van der Waals surface area contributed by atoms with Crippen molar-refractivity contribution in [1.82, 2.24) is 19.3 Å². The highest BCUT2D eigenvalue weighted by atomic mass is 32.2. The molecule has 3 aromatic rings. The molecule has 0 saturated carbocycles. The number of hydrogen-bond donors (Lipinski definition) is 0. The van der Waals surface area contributed by atoms with Crippen molar-refractivity contribution in [2.75, 3.05) is 18.0 Å². The molecule has 168 valence electrons. The molecule has 2 unspecified atom stereocenters. The molecule has 2 aliphatic rings. The molecule has 2 aliphatic heterocycles. The Kier molecular flexibility index (Phi) is 6.46. The first-order chi connectivity index (χ1) is 15.7. The minimum Gasteiger partial charge on any atom is -0.371 e. The third-order valence-corrected chi connectivity index (χ3v) is 8.30. The standard InChI is InChI=1S/C25H30FN5S/c1-19-7-10-25(20-5-3-2-4-6-20)32-31(19)18-21-8-9-23(17-24(21)26)29-14-11-22(12-15-29)30-16-13-27-28-30/h2-6,8-9,13,16-17,19,22,25H,7,10-12,14-15,18H2,1H3. The number of hydrogen-bond acceptors (Lipinski definition) is 5. The minimum atomic E-state index is -0.101. The Morgan fingerprint density at radius 1 is 1.03 bits per heavy atom. The predicted molar refractivity (Wildman–Crippen MR) is 128 cm³/mol. The fraction of sp³-hybridized carbons (Fsp3) is 0.440. The second-order valence-electron chi connectivity index (χ2n) is 8.88. The third-order valence-electron chi connectivity index (χ3n) is 6.78. The Hall–Kier alpha value is -2.38. The first-order valence-corrected chi connectivity index (χ1v) is 12.4. The van der Waals surface area contributed by atoms with Crippen LogP contribution in [0.4, 0.5) is 10.1 Å². The maximum Gasteiger partial charge on any atom is 0.129 e. The first kappa shape index (κ1) is 21.5. The van der Waals surface area contributed by atoms with Crippen molar-refractivity contribution in [3.8, 4) is 0 Å². The van der Waals surface area contributed by atoms with Gasteiger partial charge in [0.15, 0.2) is 0 Å². The van der Waals surface area contributed by atoms with E-state index in [9.17, 15) is 0 Å². The van der Waals surface area contributed by atoms with Crippen molar-refractivity contribution < 1.29 is 4.39 Å². The van der Waals surface area contributed by atoms with Crippen molar-refractivity contribution >= 4 is 17.6 Å². The van der Waals surface area contributed by atoms with Crippen LogP contribution >= 0.6 is 11.9 Å². The molecule has 0 bridgehead atoms. The molecule has 2 atom stereocenters. The molecule has 0 radical (unpaired) electrons. The van der Waals surface area contributed by atoms with E-state index in [0.29, 0.717) is 23.9 Å². The fourth-order valence-corrected chi connectivity index (χ4v) is 6.15. The number of rotatable bonds is 5. The topological polar surface area (TPSA) is 37.2 Å². The SMILES string of the molecule is CC1CCC(c2ccccc2)SN1Cc1ccc(N2CCC(n3ccnn3)CC2)cc1F. The normalized spacial score (nSPS) is 22.9. The van der Waals surface area contributed by atoms with Gasteiger partial charge in [-0.1, -0.05) is 53.6 Å². The summed E-state index contributed by atoms with van der Waals surface area (Å²) in [6.45, 7) is 4.69. The molecule has 0 spiro atoms. The van der Waals surface area contributed by atoms with Crippen LogP contribution in [0.5, 0.6) is 0 Å². The maximum absolute atomic E-state index is 15.1. The van der Waals surface area contributed by atoms with Crippen molar-refractivity contribution in [3.63, 3.8) is 0 Å². The quantitative estimate of drug-likeness (QED) is 0.470. The molecule has 2 saturated heterocycles. The Bertz CT molecular complexity index is 1000. The Balaban J connectivity index is 1.22. The van der Waals surface area contributed by atoms with Crippen LogP contribution in [0.2, 0.25) is 0 Å². The molecule has 3 heterocycles. The molecule has 0 amide bonds. The van der Waals surface area contributed by atoms with Crippen LogP contribution in [0.15, 0.2) is 60.9 Å². The average Bonchev–Trinajstić information content (AvgIpc) is 3.37. The van der Waals surface area contributed by atoms with E-state index >= 15 is 4.39 Å². The van der Waals surface area contributed by atoms with Crippen LogP contribution in [0.1, 0.15) is 55.0 Å². The summed E-state index contributed by atoms with van der Waals surface area (Å²) in [5.74, 6) is -0.101. The second kappa shape index (κ2) is 9.63. The zero-order valence-corrected chi connectivity index (χ0v) is 19.3. The maximum atomic E-state index is 15.1. The van der Waals surface area contributed by atoms with Gasteiger partial charge in [-0.2, -0.15) is 0 Å². The lowest BCUT2D eigenvalue weighted by Gasteiger charge is -2.37. The summed E-state index contributed by atoms with van der Waals surface area (Å²) in [7, 11) is 0. The summed E-state index contributed by atoms with van der Waals surface area (Å²) in [6.07, 6.45) is 7.94. The van der Waals surface area contributed by atoms with Gasteiger partial charge in [-0.05, 0) is 50.3 Å². The summed E-state index contributed by atoms with van der Waals surface area (Å²) in [5, 5.41) is 8.49. The number of nitrogens with zero attached hydrogens (tertiary/aromatic N) is 5. The van der Waals surface area contributed by atoms with E-state index in [0.717, 1.165) is 50.0 Å². The molecule has 2 fully saturated rings. The molecule has 7 heteroatoms. The molecule has 32 heavy (non-hydrogen) atoms. The van der Waals surface area contributed by atoms with Crippen molar-refractivity contribution in [1.29, 1.82) is 0 Å². The predicted octanol–water partition coefficient (Wildman–Crippen LogP) is 5.63. The summed E-state index contributed by atoms with van der Waals surface area (Å²) in [6, 6.07) is 17.3. The Labute approximate surface area is 193 Å². The lowest BCUT2D eigenvalue weighted by atomic mass is 10.0. The highest BCUT2D eigenvalue weighted by molar-refractivity contribution is 7.97. The van der Waals surface area contributed by atoms with Gasteiger partial charge in [0.2, 0.25) is 0 Å². The minimum absolute atomic E-state index is 0.101. The van der Waals surface area contributed by atoms with E-state index in [2.05, 4.69) is 62.8 Å². The Morgan fingerprint density at radius 3 is 2.56 bits per heavy atom. The van der Waals surface area contributed by atoms with Gasteiger partial charge in [0.05, 0.1) is 12.2 Å². The molecule has 5 rings (SSSR count). The number of anilines is 1. The van der Waals surface area contributed by atoms with E-state index in [1.807, 2.05) is 28.9 Å². The number of halogens is 1. The van der Waals surface area contributed by atoms with Gasteiger partial charge in [-0.3, -0.25) is 0 Å². The van der Waals surface area contributed by atoms with Gasteiger partial charge in [-0.25, -0.2) is 13.4 Å². The zero-order chi connectivity index (χ0) is 21.9. The summed E-state index contributed by atoms with van der Waals surface area (Å²) < 4.78 is 19.4. The van der Waals surface area contributed by atoms with E-state index < -0.39 is 0 Å². The highest BCUT2D eigenvalue weighted by Crippen LogP contribution is 2.43. The summed E-state index contributed by atoms with van der Waals surface area (Å²) >= 11 is 1.87. The van der Waals surface area contributed by atoms with E-state index in [4.69, 9.17) is 0 Å². The lowest BCUT2D eigenvalue weighted by molar-refractivity contribution is 0.317. The molecule has 0 N–H and O–H groups in total. The monoisotopic (exact) mass is 451 g/mol. The number of aromatic nitrogens is 3. The van der Waals surface area contributed by atoms with Crippen LogP contribution < -0.4 is 4.90 Å². The summed E-state index contributed by atoms with van der Waals surface area (Å²) in [4.78, 5) is 2.28. The van der Waals surface area contributed by atoms with Crippen LogP contribution in [-0.2, 0) is 6.54 Å². The van der Waals surface area contributed by atoms with Gasteiger partial charge in [0.25, 0.3) is 0 Å². The molecule has 1 aromatic heterocycles. The molecule has 0 aliphatic carbocycles. The van der Waals surface area contributed by atoms with Gasteiger partial charge >= 0.3 is 0 Å². The number of piperidine rings is 1. The number of benzene rings is 2. The van der Waals surface area contributed by atoms with E-state index in [1.54, 1.807) is 12.3 Å². The lowest BCUT2D eigenvalue weighted by Crippen LogP contribution is -2.35. The van der Waals surface area contributed by atoms with E-state index in [1.165, 1.54) is 5.56 Å². The van der Waals surface area contributed by atoms with Crippen molar-refractivity contribution in [2.45, 2.75) is 56.5 Å². The molecular weight excluding hydrogens is 421 g/mol. The second-order valence-corrected chi connectivity index (χ2v) is 10.1. The van der Waals surface area contributed by atoms with Gasteiger partial charge < -0.3 is 4.90 Å². The van der Waals surface area contributed by atoms with Gasteiger partial charge in [-0.15, -0.1) is 5.10 Å². The largest absolute Gasteiger partial charge is 0.371 e. The van der Waals surface area contributed by atoms with Gasteiger partial charge in [0.1, 0.15) is 5.82 Å². The summed E-state index contributed by atoms with van der Waals surface area (Å²) in [5.41, 5.74) is 3.11. The zero-order valence-electron chi connectivity index (χ0n) is 18.5. The highest BCUT2D eigenvalue weighted by Gasteiger charge is 2.28. The first-order valence-electron chi connectivity index (χ1n) is 11.5. The molecular formula is C25H30FN5S. The third kappa shape index (κ3) is 4.69. The smallest absolute Gasteiger partial charge is 0.129 e. The fourth-order valence-electron chi connectivity index (χ4n) is 4.77. The van der Waals surface area contributed by atoms with E-state index in [-0.39, 0.29) is 5.82 Å². The van der Waals surface area contributed by atoms with Crippen LogP contribution in [-0.4, -0.2) is 38.4 Å². The molecule has 5 nitrogen and oxygen atoms in total. The van der Waals surface area contributed by atoms with Crippen molar-refractivity contribution in [2.24, 2.45) is 0 Å². The molecule has 2 aromatic carbocycles. The van der Waals surface area contributed by atoms with Gasteiger partial charge in [0, 0.05) is 48.4 Å². The van der Waals surface area contributed by atoms with Crippen LogP contribution in [0.25, 0.3) is 0 Å². The Morgan fingerprint density at radius 2 is 1.84 bits per heavy atom. The average molecular weight is 452 g/mol.